The van der Waals surface area contributed by atoms with Crippen LogP contribution in [0.4, 0.5) is 0 Å². The van der Waals surface area contributed by atoms with E-state index in [1.165, 1.54) is 38.5 Å². The third-order valence-electron chi connectivity index (χ3n) is 11.7. The van der Waals surface area contributed by atoms with Gasteiger partial charge in [0, 0.05) is 0 Å². The second-order valence-electron chi connectivity index (χ2n) is 16.0. The molecule has 0 amide bonds. The molecule has 4 heteroatoms. The van der Waals surface area contributed by atoms with E-state index in [0.29, 0.717) is 38.4 Å². The fraction of sp³-hybridized carbons (Fsp3) is 0.800. The fourth-order valence-electron chi connectivity index (χ4n) is 13.1. The molecule has 1 N–H and O–H groups in total. The molecule has 0 heterocycles. The third-order valence-corrected chi connectivity index (χ3v) is 12.6. The Labute approximate surface area is 206 Å². The van der Waals surface area contributed by atoms with Crippen LogP contribution in [0.3, 0.4) is 0 Å². The molecule has 186 valence electrons. The zero-order valence-electron chi connectivity index (χ0n) is 21.5. The van der Waals surface area contributed by atoms with E-state index in [-0.39, 0.29) is 10.8 Å². The van der Waals surface area contributed by atoms with Gasteiger partial charge in [-0.25, -0.2) is 0 Å². The first-order valence-electron chi connectivity index (χ1n) is 13.8. The molecule has 8 aliphatic carbocycles. The molecule has 3 nitrogen and oxygen atoms in total. The molecule has 9 rings (SSSR count). The molecule has 34 heavy (non-hydrogen) atoms. The summed E-state index contributed by atoms with van der Waals surface area (Å²) >= 11 is 0. The lowest BCUT2D eigenvalue weighted by atomic mass is 9.38. The van der Waals surface area contributed by atoms with Gasteiger partial charge in [-0.05, 0) is 133 Å². The molecule has 0 aliphatic heterocycles. The predicted molar refractivity (Wildman–Crippen MR) is 134 cm³/mol. The third kappa shape index (κ3) is 3.00. The van der Waals surface area contributed by atoms with Crippen LogP contribution in [-0.2, 0) is 20.9 Å². The first-order valence-corrected chi connectivity index (χ1v) is 15.2. The van der Waals surface area contributed by atoms with Crippen LogP contribution in [0, 0.1) is 33.5 Å². The maximum atomic E-state index is 13.3. The molecule has 0 aromatic heterocycles. The van der Waals surface area contributed by atoms with Gasteiger partial charge in [-0.1, -0.05) is 45.9 Å². The van der Waals surface area contributed by atoms with Crippen molar-refractivity contribution in [2.24, 2.45) is 33.5 Å². The van der Waals surface area contributed by atoms with E-state index in [1.54, 1.807) is 0 Å². The Balaban J connectivity index is 1.44. The lowest BCUT2D eigenvalue weighted by Gasteiger charge is -2.67. The van der Waals surface area contributed by atoms with E-state index >= 15 is 0 Å². The van der Waals surface area contributed by atoms with E-state index in [1.807, 2.05) is 0 Å². The first-order chi connectivity index (χ1) is 15.7. The Hall–Kier alpha value is -0.870. The minimum absolute atomic E-state index is 0.111. The summed E-state index contributed by atoms with van der Waals surface area (Å²) in [6, 6.07) is 6.33. The quantitative estimate of drug-likeness (QED) is 0.456. The highest BCUT2D eigenvalue weighted by atomic mass is 32.2. The Morgan fingerprint density at radius 2 is 1.00 bits per heavy atom. The number of benzene rings is 1. The summed E-state index contributed by atoms with van der Waals surface area (Å²) in [4.78, 5) is 0.332. The van der Waals surface area contributed by atoms with Crippen molar-refractivity contribution in [2.75, 3.05) is 0 Å². The second-order valence-corrected chi connectivity index (χ2v) is 17.3. The second kappa shape index (κ2) is 6.15. The normalized spacial score (nSPS) is 53.0. The van der Waals surface area contributed by atoms with Crippen molar-refractivity contribution in [1.82, 2.24) is 0 Å². The lowest BCUT2D eigenvalue weighted by molar-refractivity contribution is -0.113. The molecule has 4 unspecified atom stereocenters. The van der Waals surface area contributed by atoms with Gasteiger partial charge in [-0.2, -0.15) is 8.42 Å². The first kappa shape index (κ1) is 22.3. The number of rotatable bonds is 3. The van der Waals surface area contributed by atoms with Gasteiger partial charge in [0.25, 0.3) is 10.1 Å². The van der Waals surface area contributed by atoms with Crippen molar-refractivity contribution < 1.29 is 13.0 Å². The molecule has 4 atom stereocenters. The molecule has 0 radical (unpaired) electrons. The van der Waals surface area contributed by atoms with E-state index in [2.05, 4.69) is 45.9 Å². The van der Waals surface area contributed by atoms with E-state index in [4.69, 9.17) is 0 Å². The molecular weight excluding hydrogens is 440 g/mol. The average Bonchev–Trinajstić information content (AvgIpc) is 2.61. The monoisotopic (exact) mass is 482 g/mol. The SMILES string of the molecule is CC12CC3CC(C)(C1)CC(c1cccc(C45CC6CC(C)(CC(C)(C6)C4)C5)c1S(=O)(=O)O)(C3)C2. The zero-order valence-corrected chi connectivity index (χ0v) is 22.4. The summed E-state index contributed by atoms with van der Waals surface area (Å²) in [5, 5.41) is 0. The van der Waals surface area contributed by atoms with Crippen molar-refractivity contribution in [3.05, 3.63) is 29.3 Å². The number of hydrogen-bond acceptors (Lipinski definition) is 2. The minimum atomic E-state index is -4.33. The van der Waals surface area contributed by atoms with Gasteiger partial charge in [0.15, 0.2) is 0 Å². The summed E-state index contributed by atoms with van der Waals surface area (Å²) in [6.45, 7) is 9.79. The highest BCUT2D eigenvalue weighted by molar-refractivity contribution is 7.86. The van der Waals surface area contributed by atoms with Gasteiger partial charge in [-0.15, -0.1) is 0 Å². The molecular formula is C30H42O3S. The molecule has 1 aromatic rings. The molecule has 8 aliphatic rings. The average molecular weight is 483 g/mol. The van der Waals surface area contributed by atoms with Crippen LogP contribution >= 0.6 is 0 Å². The molecule has 1 aromatic carbocycles. The maximum Gasteiger partial charge on any atom is 0.295 e. The summed E-state index contributed by atoms with van der Waals surface area (Å²) in [5.41, 5.74) is 2.90. The topological polar surface area (TPSA) is 54.4 Å². The van der Waals surface area contributed by atoms with E-state index in [0.717, 1.165) is 49.7 Å². The molecule has 8 saturated carbocycles. The Kier molecular flexibility index (Phi) is 4.04. The van der Waals surface area contributed by atoms with E-state index < -0.39 is 10.1 Å². The summed E-state index contributed by atoms with van der Waals surface area (Å²) in [7, 11) is -4.33. The standard InChI is InChI=1S/C30H42O3S/c1-25-8-20-9-26(2,14-25)17-29(12-20,16-25)22-6-5-7-23(24(22)34(31,32)33)30-13-21-10-27(3,18-30)15-28(4,11-21)19-30/h5-7,20-21H,8-19H2,1-4H3,(H,31,32,33). The van der Waals surface area contributed by atoms with Crippen LogP contribution in [0.1, 0.15) is 116 Å². The Morgan fingerprint density at radius 1 is 0.647 bits per heavy atom. The van der Waals surface area contributed by atoms with Crippen LogP contribution in [0.15, 0.2) is 23.1 Å². The van der Waals surface area contributed by atoms with Gasteiger partial charge in [0.2, 0.25) is 0 Å². The fourth-order valence-corrected chi connectivity index (χ4v) is 14.3. The van der Waals surface area contributed by atoms with Gasteiger partial charge < -0.3 is 0 Å². The van der Waals surface area contributed by atoms with Crippen molar-refractivity contribution in [3.63, 3.8) is 0 Å². The van der Waals surface area contributed by atoms with Gasteiger partial charge in [0.1, 0.15) is 4.90 Å². The van der Waals surface area contributed by atoms with Gasteiger partial charge in [0.05, 0.1) is 0 Å². The van der Waals surface area contributed by atoms with Crippen molar-refractivity contribution in [3.8, 4) is 0 Å². The summed E-state index contributed by atoms with van der Waals surface area (Å²) < 4.78 is 37.6. The zero-order chi connectivity index (χ0) is 24.0. The van der Waals surface area contributed by atoms with Crippen LogP contribution in [0.25, 0.3) is 0 Å². The highest BCUT2D eigenvalue weighted by Gasteiger charge is 2.64. The summed E-state index contributed by atoms with van der Waals surface area (Å²) in [5.74, 6) is 1.36. The van der Waals surface area contributed by atoms with E-state index in [9.17, 15) is 13.0 Å². The van der Waals surface area contributed by atoms with Crippen molar-refractivity contribution in [1.29, 1.82) is 0 Å². The van der Waals surface area contributed by atoms with Crippen LogP contribution in [0.5, 0.6) is 0 Å². The van der Waals surface area contributed by atoms with Gasteiger partial charge >= 0.3 is 0 Å². The van der Waals surface area contributed by atoms with Crippen LogP contribution in [0.2, 0.25) is 0 Å². The maximum absolute atomic E-state index is 13.3. The molecule has 0 saturated heterocycles. The Bertz CT molecular complexity index is 1090. The lowest BCUT2D eigenvalue weighted by Crippen LogP contribution is -2.58. The van der Waals surface area contributed by atoms with Crippen LogP contribution < -0.4 is 0 Å². The Morgan fingerprint density at radius 3 is 1.29 bits per heavy atom. The number of hydrogen-bond donors (Lipinski definition) is 1. The predicted octanol–water partition coefficient (Wildman–Crippen LogP) is 7.43. The summed E-state index contributed by atoms with van der Waals surface area (Å²) in [6.07, 6.45) is 14.1. The molecule has 0 spiro atoms. The van der Waals surface area contributed by atoms with Crippen molar-refractivity contribution in [2.45, 2.75) is 120 Å². The van der Waals surface area contributed by atoms with Gasteiger partial charge in [-0.3, -0.25) is 4.55 Å². The molecule has 8 fully saturated rings. The molecule has 8 bridgehead atoms. The van der Waals surface area contributed by atoms with Crippen molar-refractivity contribution >= 4 is 10.1 Å². The highest BCUT2D eigenvalue weighted by Crippen LogP contribution is 2.72. The minimum Gasteiger partial charge on any atom is -0.282 e. The largest absolute Gasteiger partial charge is 0.295 e. The smallest absolute Gasteiger partial charge is 0.282 e. The van der Waals surface area contributed by atoms with Crippen LogP contribution in [-0.4, -0.2) is 13.0 Å².